The number of benzene rings is 2. The summed E-state index contributed by atoms with van der Waals surface area (Å²) in [6.07, 6.45) is 1.20. The van der Waals surface area contributed by atoms with Crippen LogP contribution in [0.3, 0.4) is 0 Å². The summed E-state index contributed by atoms with van der Waals surface area (Å²) in [6, 6.07) is 20.2. The van der Waals surface area contributed by atoms with Gasteiger partial charge in [0.2, 0.25) is 0 Å². The number of carbonyl (C=O) groups excluding carboxylic acids is 2. The molecule has 3 aromatic rings. The summed E-state index contributed by atoms with van der Waals surface area (Å²) in [5.41, 5.74) is 1.77. The normalized spacial score (nSPS) is 10.2. The van der Waals surface area contributed by atoms with Crippen molar-refractivity contribution in [3.8, 4) is 0 Å². The number of nitrogens with one attached hydrogen (secondary N) is 1. The van der Waals surface area contributed by atoms with Crippen LogP contribution in [0, 0.1) is 0 Å². The van der Waals surface area contributed by atoms with Crippen LogP contribution in [0.1, 0.15) is 10.4 Å². The highest BCUT2D eigenvalue weighted by atomic mass is 32.2. The second-order valence-corrected chi connectivity index (χ2v) is 6.86. The van der Waals surface area contributed by atoms with Crippen molar-refractivity contribution in [2.75, 3.05) is 24.4 Å². The van der Waals surface area contributed by atoms with E-state index in [-0.39, 0.29) is 5.91 Å². The van der Waals surface area contributed by atoms with E-state index in [2.05, 4.69) is 15.0 Å². The molecule has 0 spiro atoms. The molecule has 0 saturated carbocycles. The van der Waals surface area contributed by atoms with E-state index in [0.29, 0.717) is 22.0 Å². The van der Waals surface area contributed by atoms with Crippen LogP contribution in [0.4, 0.5) is 16.2 Å². The summed E-state index contributed by atoms with van der Waals surface area (Å²) in [6.45, 7) is 0. The first kappa shape index (κ1) is 19.4. The predicted octanol–water partition coefficient (Wildman–Crippen LogP) is 4.69. The van der Waals surface area contributed by atoms with Crippen molar-refractivity contribution < 1.29 is 14.3 Å². The number of aromatic nitrogens is 1. The highest BCUT2D eigenvalue weighted by Gasteiger charge is 2.15. The molecular formula is C21H19N3O3S. The van der Waals surface area contributed by atoms with E-state index in [1.807, 2.05) is 30.3 Å². The number of nitrogens with zero attached hydrogens (tertiary/aromatic N) is 2. The molecule has 0 unspecified atom stereocenters. The van der Waals surface area contributed by atoms with Crippen molar-refractivity contribution in [2.24, 2.45) is 0 Å². The minimum absolute atomic E-state index is 0.249. The predicted molar refractivity (Wildman–Crippen MR) is 110 cm³/mol. The van der Waals surface area contributed by atoms with Gasteiger partial charge in [0.25, 0.3) is 5.91 Å². The third kappa shape index (κ3) is 4.69. The van der Waals surface area contributed by atoms with Gasteiger partial charge in [0.1, 0.15) is 5.03 Å². The van der Waals surface area contributed by atoms with Gasteiger partial charge in [-0.2, -0.15) is 0 Å². The molecular weight excluding hydrogens is 374 g/mol. The van der Waals surface area contributed by atoms with E-state index in [1.165, 1.54) is 23.8 Å². The van der Waals surface area contributed by atoms with Gasteiger partial charge in [-0.3, -0.25) is 9.69 Å². The Morgan fingerprint density at radius 3 is 2.39 bits per heavy atom. The fraction of sp³-hybridized carbons (Fsp3) is 0.0952. The average molecular weight is 393 g/mol. The average Bonchev–Trinajstić information content (AvgIpc) is 2.74. The van der Waals surface area contributed by atoms with Gasteiger partial charge in [-0.05, 0) is 48.5 Å². The molecule has 1 N–H and O–H groups in total. The quantitative estimate of drug-likeness (QED) is 0.681. The Hall–Kier alpha value is -3.32. The summed E-state index contributed by atoms with van der Waals surface area (Å²) in [4.78, 5) is 31.0. The summed E-state index contributed by atoms with van der Waals surface area (Å²) < 4.78 is 4.69. The van der Waals surface area contributed by atoms with E-state index >= 15 is 0 Å². The fourth-order valence-electron chi connectivity index (χ4n) is 2.45. The number of amides is 2. The molecule has 2 amide bonds. The molecule has 0 radical (unpaired) electrons. The van der Waals surface area contributed by atoms with Crippen molar-refractivity contribution in [3.05, 3.63) is 78.5 Å². The summed E-state index contributed by atoms with van der Waals surface area (Å²) in [5, 5.41) is 3.50. The molecule has 6 nitrogen and oxygen atoms in total. The van der Waals surface area contributed by atoms with Gasteiger partial charge in [0, 0.05) is 29.5 Å². The number of carbonyl (C=O) groups is 2. The standard InChI is InChI=1S/C21H19N3O3S/c1-24(21(26)27-2)16-12-10-15(11-13-16)23-19(25)18-9-6-14-22-20(18)28-17-7-4-3-5-8-17/h3-14H,1-2H3,(H,23,25). The Labute approximate surface area is 167 Å². The van der Waals surface area contributed by atoms with Crippen molar-refractivity contribution in [1.82, 2.24) is 4.98 Å². The van der Waals surface area contributed by atoms with E-state index in [9.17, 15) is 9.59 Å². The topological polar surface area (TPSA) is 71.5 Å². The molecule has 0 bridgehead atoms. The van der Waals surface area contributed by atoms with Gasteiger partial charge in [-0.15, -0.1) is 0 Å². The van der Waals surface area contributed by atoms with E-state index in [0.717, 1.165) is 4.90 Å². The number of anilines is 2. The smallest absolute Gasteiger partial charge is 0.413 e. The molecule has 2 aromatic carbocycles. The Bertz CT molecular complexity index is 962. The second-order valence-electron chi connectivity index (χ2n) is 5.80. The molecule has 0 fully saturated rings. The van der Waals surface area contributed by atoms with Crippen LogP contribution in [0.5, 0.6) is 0 Å². The summed E-state index contributed by atoms with van der Waals surface area (Å²) in [7, 11) is 2.94. The Morgan fingerprint density at radius 2 is 1.71 bits per heavy atom. The minimum Gasteiger partial charge on any atom is -0.452 e. The lowest BCUT2D eigenvalue weighted by atomic mass is 10.2. The van der Waals surface area contributed by atoms with Gasteiger partial charge < -0.3 is 10.1 Å². The number of ether oxygens (including phenoxy) is 1. The lowest BCUT2D eigenvalue weighted by Gasteiger charge is -2.16. The summed E-state index contributed by atoms with van der Waals surface area (Å²) >= 11 is 1.44. The molecule has 1 heterocycles. The van der Waals surface area contributed by atoms with Crippen LogP contribution < -0.4 is 10.2 Å². The van der Waals surface area contributed by atoms with Crippen LogP contribution >= 0.6 is 11.8 Å². The maximum atomic E-state index is 12.7. The van der Waals surface area contributed by atoms with Crippen molar-refractivity contribution >= 4 is 35.1 Å². The molecule has 28 heavy (non-hydrogen) atoms. The lowest BCUT2D eigenvalue weighted by molar-refractivity contribution is 0.102. The van der Waals surface area contributed by atoms with Crippen LogP contribution in [0.15, 0.2) is 82.8 Å². The van der Waals surface area contributed by atoms with Gasteiger partial charge in [0.05, 0.1) is 12.7 Å². The monoisotopic (exact) mass is 393 g/mol. The van der Waals surface area contributed by atoms with Crippen LogP contribution in [-0.4, -0.2) is 31.1 Å². The second kappa shape index (κ2) is 9.05. The molecule has 7 heteroatoms. The van der Waals surface area contributed by atoms with Crippen molar-refractivity contribution in [1.29, 1.82) is 0 Å². The zero-order valence-corrected chi connectivity index (χ0v) is 16.3. The van der Waals surface area contributed by atoms with Crippen LogP contribution in [0.2, 0.25) is 0 Å². The zero-order chi connectivity index (χ0) is 19.9. The fourth-order valence-corrected chi connectivity index (χ4v) is 3.36. The first-order valence-electron chi connectivity index (χ1n) is 8.49. The first-order valence-corrected chi connectivity index (χ1v) is 9.31. The number of methoxy groups -OCH3 is 1. The highest BCUT2D eigenvalue weighted by Crippen LogP contribution is 2.29. The highest BCUT2D eigenvalue weighted by molar-refractivity contribution is 7.99. The Balaban J connectivity index is 1.74. The van der Waals surface area contributed by atoms with Gasteiger partial charge in [0.15, 0.2) is 0 Å². The minimum atomic E-state index is -0.463. The van der Waals surface area contributed by atoms with E-state index < -0.39 is 6.09 Å². The number of rotatable bonds is 5. The van der Waals surface area contributed by atoms with Crippen LogP contribution in [-0.2, 0) is 4.74 Å². The molecule has 0 aliphatic heterocycles. The first-order chi connectivity index (χ1) is 13.6. The van der Waals surface area contributed by atoms with Gasteiger partial charge in [-0.1, -0.05) is 30.0 Å². The number of pyridine rings is 1. The molecule has 0 aliphatic rings. The third-order valence-corrected chi connectivity index (χ3v) is 4.96. The Kier molecular flexibility index (Phi) is 6.29. The zero-order valence-electron chi connectivity index (χ0n) is 15.5. The van der Waals surface area contributed by atoms with Gasteiger partial charge >= 0.3 is 6.09 Å². The summed E-state index contributed by atoms with van der Waals surface area (Å²) in [5.74, 6) is -0.249. The van der Waals surface area contributed by atoms with Crippen molar-refractivity contribution in [3.63, 3.8) is 0 Å². The largest absolute Gasteiger partial charge is 0.452 e. The van der Waals surface area contributed by atoms with E-state index in [4.69, 9.17) is 0 Å². The maximum absolute atomic E-state index is 12.7. The van der Waals surface area contributed by atoms with Gasteiger partial charge in [-0.25, -0.2) is 9.78 Å². The van der Waals surface area contributed by atoms with E-state index in [1.54, 1.807) is 49.6 Å². The number of hydrogen-bond donors (Lipinski definition) is 1. The van der Waals surface area contributed by atoms with Crippen molar-refractivity contribution in [2.45, 2.75) is 9.92 Å². The lowest BCUT2D eigenvalue weighted by Crippen LogP contribution is -2.25. The SMILES string of the molecule is COC(=O)N(C)c1ccc(NC(=O)c2cccnc2Sc2ccccc2)cc1. The molecule has 0 aliphatic carbocycles. The molecule has 0 atom stereocenters. The number of hydrogen-bond acceptors (Lipinski definition) is 5. The molecule has 3 rings (SSSR count). The molecule has 1 aromatic heterocycles. The molecule has 0 saturated heterocycles. The Morgan fingerprint density at radius 1 is 1.00 bits per heavy atom. The van der Waals surface area contributed by atoms with Crippen LogP contribution in [0.25, 0.3) is 0 Å². The molecule has 142 valence electrons. The maximum Gasteiger partial charge on any atom is 0.413 e. The third-order valence-electron chi connectivity index (χ3n) is 3.93.